The van der Waals surface area contributed by atoms with E-state index in [4.69, 9.17) is 0 Å². The smallest absolute Gasteiger partial charge is 0.0269 e. The molecule has 0 saturated heterocycles. The summed E-state index contributed by atoms with van der Waals surface area (Å²) in [7, 11) is 2.18. The summed E-state index contributed by atoms with van der Waals surface area (Å²) in [4.78, 5) is 0. The lowest BCUT2D eigenvalue weighted by atomic mass is 9.68. The van der Waals surface area contributed by atoms with Crippen molar-refractivity contribution in [1.29, 1.82) is 0 Å². The molecule has 26 heavy (non-hydrogen) atoms. The molecule has 0 aromatic carbocycles. The summed E-state index contributed by atoms with van der Waals surface area (Å²) in [5, 5.41) is 3.74. The van der Waals surface area contributed by atoms with E-state index in [1.807, 2.05) is 27.7 Å². The summed E-state index contributed by atoms with van der Waals surface area (Å²) < 4.78 is 0. The second-order valence-electron chi connectivity index (χ2n) is 6.27. The molecule has 1 aliphatic rings. The molecule has 0 radical (unpaired) electrons. The maximum atomic E-state index is 4.00. The van der Waals surface area contributed by atoms with Crippen LogP contribution in [0, 0.1) is 24.7 Å². The van der Waals surface area contributed by atoms with Gasteiger partial charge in [0.05, 0.1) is 0 Å². The van der Waals surface area contributed by atoms with Gasteiger partial charge in [0, 0.05) is 5.54 Å². The van der Waals surface area contributed by atoms with Crippen LogP contribution in [0.2, 0.25) is 0 Å². The fraction of sp³-hybridized carbons (Fsp3) is 0.840. The molecule has 1 aliphatic carbocycles. The van der Waals surface area contributed by atoms with Crippen LogP contribution in [0.25, 0.3) is 0 Å². The van der Waals surface area contributed by atoms with E-state index in [0.29, 0.717) is 5.54 Å². The molecular formula is C25H53N. The Balaban J connectivity index is -0.000000231. The van der Waals surface area contributed by atoms with E-state index in [1.54, 1.807) is 0 Å². The van der Waals surface area contributed by atoms with Crippen LogP contribution >= 0.6 is 0 Å². The van der Waals surface area contributed by atoms with Crippen LogP contribution in [0.4, 0.5) is 0 Å². The maximum absolute atomic E-state index is 4.00. The van der Waals surface area contributed by atoms with Gasteiger partial charge in [-0.3, -0.25) is 0 Å². The van der Waals surface area contributed by atoms with Crippen LogP contribution in [-0.4, -0.2) is 12.6 Å². The lowest BCUT2D eigenvalue weighted by Crippen LogP contribution is -2.54. The van der Waals surface area contributed by atoms with E-state index in [2.05, 4.69) is 72.0 Å². The second kappa shape index (κ2) is 26.5. The van der Waals surface area contributed by atoms with Gasteiger partial charge in [0.1, 0.15) is 0 Å². The average Bonchev–Trinajstić information content (AvgIpc) is 3.26. The highest BCUT2D eigenvalue weighted by Gasteiger charge is 2.42. The van der Waals surface area contributed by atoms with Crippen molar-refractivity contribution < 1.29 is 0 Å². The van der Waals surface area contributed by atoms with Gasteiger partial charge in [-0.1, -0.05) is 99.6 Å². The molecule has 1 unspecified atom stereocenters. The van der Waals surface area contributed by atoms with Gasteiger partial charge >= 0.3 is 0 Å². The molecule has 1 heteroatoms. The maximum Gasteiger partial charge on any atom is 0.0269 e. The van der Waals surface area contributed by atoms with Gasteiger partial charge in [0.2, 0.25) is 0 Å². The van der Waals surface area contributed by atoms with Crippen molar-refractivity contribution in [2.75, 3.05) is 7.05 Å². The third-order valence-corrected chi connectivity index (χ3v) is 4.95. The highest BCUT2D eigenvalue weighted by atomic mass is 15.0. The summed E-state index contributed by atoms with van der Waals surface area (Å²) in [6.07, 6.45) is 23.3. The third kappa shape index (κ3) is 12.6. The van der Waals surface area contributed by atoms with Gasteiger partial charge in [-0.25, -0.2) is 0 Å². The summed E-state index contributed by atoms with van der Waals surface area (Å²) >= 11 is 0. The minimum atomic E-state index is 0.354. The van der Waals surface area contributed by atoms with E-state index in [9.17, 15) is 0 Å². The van der Waals surface area contributed by atoms with Gasteiger partial charge in [-0.2, -0.15) is 0 Å². The van der Waals surface area contributed by atoms with E-state index in [1.165, 1.54) is 51.4 Å². The van der Waals surface area contributed by atoms with Crippen molar-refractivity contribution in [3.63, 3.8) is 0 Å². The number of rotatable bonds is 7. The quantitative estimate of drug-likeness (QED) is 0.353. The molecule has 1 saturated carbocycles. The molecule has 0 bridgehead atoms. The molecule has 1 rings (SSSR count). The first-order chi connectivity index (χ1) is 12.7. The van der Waals surface area contributed by atoms with Crippen LogP contribution in [0.3, 0.4) is 0 Å². The summed E-state index contributed by atoms with van der Waals surface area (Å²) in [5.74, 6) is 1.69. The number of nitrogens with one attached hydrogen (secondary N) is 1. The zero-order valence-electron chi connectivity index (χ0n) is 20.1. The van der Waals surface area contributed by atoms with Crippen LogP contribution in [0.15, 0.2) is 12.2 Å². The lowest BCUT2D eigenvalue weighted by molar-refractivity contribution is 0.127. The summed E-state index contributed by atoms with van der Waals surface area (Å²) in [6.45, 7) is 19.1. The summed E-state index contributed by atoms with van der Waals surface area (Å²) in [5.41, 5.74) is 0.354. The van der Waals surface area contributed by atoms with Gasteiger partial charge in [0.15, 0.2) is 0 Å². The first-order valence-corrected chi connectivity index (χ1v) is 11.3. The number of terminal acetylenes is 1. The monoisotopic (exact) mass is 367 g/mol. The van der Waals surface area contributed by atoms with Crippen molar-refractivity contribution in [1.82, 2.24) is 5.32 Å². The van der Waals surface area contributed by atoms with E-state index >= 15 is 0 Å². The molecular weight excluding hydrogens is 314 g/mol. The van der Waals surface area contributed by atoms with Crippen molar-refractivity contribution in [2.24, 2.45) is 11.8 Å². The SMILES string of the molecule is C#C.C/C=C\CC(NC)(C(CC)CC)C1CCCC1.CC.CC.CCC. The highest BCUT2D eigenvalue weighted by molar-refractivity contribution is 5.04. The molecule has 1 N–H and O–H groups in total. The fourth-order valence-corrected chi connectivity index (χ4v) is 3.95. The second-order valence-corrected chi connectivity index (χ2v) is 6.27. The number of hydrogen-bond acceptors (Lipinski definition) is 1. The molecule has 1 fully saturated rings. The molecule has 0 spiro atoms. The highest BCUT2D eigenvalue weighted by Crippen LogP contribution is 2.42. The molecule has 1 nitrogen and oxygen atoms in total. The van der Waals surface area contributed by atoms with Gasteiger partial charge in [-0.15, -0.1) is 12.8 Å². The van der Waals surface area contributed by atoms with Crippen LogP contribution in [0.5, 0.6) is 0 Å². The van der Waals surface area contributed by atoms with E-state index < -0.39 is 0 Å². The minimum Gasteiger partial charge on any atom is -0.313 e. The van der Waals surface area contributed by atoms with Gasteiger partial charge in [-0.05, 0) is 45.1 Å². The van der Waals surface area contributed by atoms with E-state index in [0.717, 1.165) is 11.8 Å². The standard InChI is InChI=1S/C16H31N.C3H8.2C2H6.C2H2/c1-5-8-13-16(17-4,14(6-2)7-3)15-11-9-10-12-15;1-3-2;3*1-2/h5,8,14-15,17H,6-7,9-13H2,1-4H3;3H2,1-2H3;2*1-2H3;1-2H/b8-5-;;;;. The molecule has 1 atom stereocenters. The Morgan fingerprint density at radius 2 is 1.35 bits per heavy atom. The first-order valence-electron chi connectivity index (χ1n) is 11.3. The lowest BCUT2D eigenvalue weighted by Gasteiger charge is -2.45. The van der Waals surface area contributed by atoms with E-state index in [-0.39, 0.29) is 0 Å². The largest absolute Gasteiger partial charge is 0.313 e. The zero-order valence-corrected chi connectivity index (χ0v) is 20.1. The summed E-state index contributed by atoms with van der Waals surface area (Å²) in [6, 6.07) is 0. The Bertz CT molecular complexity index is 265. The molecule has 0 aliphatic heterocycles. The van der Waals surface area contributed by atoms with Crippen LogP contribution in [-0.2, 0) is 0 Å². The first kappa shape index (κ1) is 32.9. The normalized spacial score (nSPS) is 15.3. The third-order valence-electron chi connectivity index (χ3n) is 4.95. The van der Waals surface area contributed by atoms with Crippen molar-refractivity contribution in [2.45, 2.75) is 119 Å². The van der Waals surface area contributed by atoms with Crippen LogP contribution < -0.4 is 5.32 Å². The van der Waals surface area contributed by atoms with Crippen molar-refractivity contribution in [3.05, 3.63) is 12.2 Å². The molecule has 0 aromatic rings. The fourth-order valence-electron chi connectivity index (χ4n) is 3.95. The van der Waals surface area contributed by atoms with Gasteiger partial charge < -0.3 is 5.32 Å². The zero-order chi connectivity index (χ0) is 21.4. The molecule has 0 amide bonds. The Morgan fingerprint density at radius 1 is 0.962 bits per heavy atom. The van der Waals surface area contributed by atoms with Gasteiger partial charge in [0.25, 0.3) is 0 Å². The predicted molar refractivity (Wildman–Crippen MR) is 126 cm³/mol. The Kier molecular flexibility index (Phi) is 33.5. The topological polar surface area (TPSA) is 12.0 Å². The molecule has 158 valence electrons. The van der Waals surface area contributed by atoms with Crippen molar-refractivity contribution in [3.8, 4) is 12.8 Å². The molecule has 0 aromatic heterocycles. The number of allylic oxidation sites excluding steroid dienone is 1. The van der Waals surface area contributed by atoms with Crippen molar-refractivity contribution >= 4 is 0 Å². The molecule has 0 heterocycles. The minimum absolute atomic E-state index is 0.354. The predicted octanol–water partition coefficient (Wildman–Crippen LogP) is 8.26. The Hall–Kier alpha value is -0.740. The average molecular weight is 368 g/mol. The van der Waals surface area contributed by atoms with Crippen LogP contribution in [0.1, 0.15) is 114 Å². The number of hydrogen-bond donors (Lipinski definition) is 1. The Morgan fingerprint density at radius 3 is 1.62 bits per heavy atom. The Labute approximate surface area is 168 Å².